The molecule has 0 unspecified atom stereocenters. The molecule has 0 radical (unpaired) electrons. The van der Waals surface area contributed by atoms with Crippen molar-refractivity contribution in [1.29, 1.82) is 0 Å². The van der Waals surface area contributed by atoms with Gasteiger partial charge in [-0.05, 0) is 67.5 Å². The van der Waals surface area contributed by atoms with E-state index in [2.05, 4.69) is 26.9 Å². The fourth-order valence-corrected chi connectivity index (χ4v) is 8.72. The van der Waals surface area contributed by atoms with Crippen LogP contribution in [0.2, 0.25) is 5.02 Å². The number of pyridine rings is 1. The molecule has 3 N–H and O–H groups in total. The van der Waals surface area contributed by atoms with E-state index < -0.39 is 62.6 Å². The summed E-state index contributed by atoms with van der Waals surface area (Å²) in [7, 11) is 0.930. The van der Waals surface area contributed by atoms with E-state index >= 15 is 0 Å². The van der Waals surface area contributed by atoms with Gasteiger partial charge in [0.15, 0.2) is 0 Å². The van der Waals surface area contributed by atoms with Crippen LogP contribution in [0.5, 0.6) is 11.6 Å². The molecule has 14 nitrogen and oxygen atoms in total. The average Bonchev–Trinajstić information content (AvgIpc) is 4.07. The number of halogens is 1. The van der Waals surface area contributed by atoms with Crippen LogP contribution in [0.3, 0.4) is 0 Å². The molecule has 0 bridgehead atoms. The van der Waals surface area contributed by atoms with E-state index in [1.807, 2.05) is 20.8 Å². The summed E-state index contributed by atoms with van der Waals surface area (Å²) < 4.78 is 39.7. The summed E-state index contributed by atoms with van der Waals surface area (Å²) in [4.78, 5) is 63.1. The predicted octanol–water partition coefficient (Wildman–Crippen LogP) is 4.53. The number of hydrogen-bond donors (Lipinski definition) is 3. The number of methoxy groups -OCH3 is 1. The van der Waals surface area contributed by atoms with E-state index in [0.29, 0.717) is 52.1 Å². The molecular weight excluding hydrogens is 760 g/mol. The second kappa shape index (κ2) is 15.6. The zero-order chi connectivity index (χ0) is 40.7. The highest BCUT2D eigenvalue weighted by Crippen LogP contribution is 2.46. The smallest absolute Gasteiger partial charge is 0.259 e. The molecule has 4 amide bonds. The van der Waals surface area contributed by atoms with E-state index in [0.717, 1.165) is 0 Å². The Bertz CT molecular complexity index is 2170. The zero-order valence-corrected chi connectivity index (χ0v) is 34.0. The largest absolute Gasteiger partial charge is 0.494 e. The van der Waals surface area contributed by atoms with E-state index in [-0.39, 0.29) is 36.6 Å². The molecule has 5 atom stereocenters. The third-order valence-electron chi connectivity index (χ3n) is 10.3. The summed E-state index contributed by atoms with van der Waals surface area (Å²) in [6.45, 7) is 9.76. The molecule has 3 aromatic rings. The average molecular weight is 809 g/mol. The lowest BCUT2D eigenvalue weighted by atomic mass is 9.87. The quantitative estimate of drug-likeness (QED) is 0.196. The van der Waals surface area contributed by atoms with Crippen LogP contribution in [0.25, 0.3) is 10.8 Å². The van der Waals surface area contributed by atoms with E-state index in [4.69, 9.17) is 21.1 Å². The van der Waals surface area contributed by atoms with Crippen LogP contribution in [0.1, 0.15) is 63.2 Å². The number of amides is 4. The first kappa shape index (κ1) is 40.8. The summed E-state index contributed by atoms with van der Waals surface area (Å²) in [5, 5.41) is 7.23. The number of nitrogens with one attached hydrogen (secondary N) is 3. The van der Waals surface area contributed by atoms with Crippen LogP contribution < -0.4 is 24.8 Å². The minimum Gasteiger partial charge on any atom is -0.494 e. The van der Waals surface area contributed by atoms with Gasteiger partial charge in [0.25, 0.3) is 11.8 Å². The Morgan fingerprint density at radius 1 is 1.12 bits per heavy atom. The third-order valence-corrected chi connectivity index (χ3v) is 12.4. The number of anilines is 1. The topological polar surface area (TPSA) is 176 Å². The molecule has 300 valence electrons. The molecular formula is C40H49ClN6O8S. The van der Waals surface area contributed by atoms with Crippen molar-refractivity contribution < 1.29 is 37.1 Å². The fourth-order valence-electron chi connectivity index (χ4n) is 7.19. The standard InChI is InChI=1S/C40H49ClN6O8S/c1-8-24-19-40(24,38(51)45-56(52,53)28-13-14-28)44-34(48)32-18-27(55-35-30-17-25(41)12-15-29(30)33(54-7)21-42-35)22-47(32)37(50)31(20-39(2,3)4)43-26-11-9-10-23(16-26)36(49)46(5)6/h8-12,15-17,21,24,27-28,31-32,43H,1,13-14,18-20,22H2,2-7H3,(H,44,48)(H,45,51)/t24-,27-,31+,32+,40-/m1/s1. The van der Waals surface area contributed by atoms with Crippen molar-refractivity contribution in [2.24, 2.45) is 11.3 Å². The number of carbonyl (C=O) groups is 4. The lowest BCUT2D eigenvalue weighted by Gasteiger charge is -2.33. The summed E-state index contributed by atoms with van der Waals surface area (Å²) in [5.74, 6) is -1.88. The molecule has 1 aliphatic heterocycles. The number of sulfonamides is 1. The van der Waals surface area contributed by atoms with Crippen LogP contribution in [0.4, 0.5) is 5.69 Å². The molecule has 0 spiro atoms. The molecule has 16 heteroatoms. The Morgan fingerprint density at radius 2 is 1.86 bits per heavy atom. The Morgan fingerprint density at radius 3 is 2.48 bits per heavy atom. The van der Waals surface area contributed by atoms with Crippen molar-refractivity contribution in [3.05, 3.63) is 71.9 Å². The van der Waals surface area contributed by atoms with Gasteiger partial charge >= 0.3 is 0 Å². The first-order chi connectivity index (χ1) is 26.4. The maximum atomic E-state index is 14.8. The molecule has 3 fully saturated rings. The minimum absolute atomic E-state index is 0.0195. The molecule has 6 rings (SSSR count). The number of nitrogens with zero attached hydrogens (tertiary/aromatic N) is 3. The number of likely N-dealkylation sites (tertiary alicyclic amines) is 1. The number of ether oxygens (including phenoxy) is 2. The van der Waals surface area contributed by atoms with Crippen molar-refractivity contribution in [2.75, 3.05) is 33.1 Å². The van der Waals surface area contributed by atoms with Gasteiger partial charge in [0.1, 0.15) is 29.5 Å². The number of hydrogen-bond acceptors (Lipinski definition) is 10. The molecule has 2 aliphatic carbocycles. The Kier molecular flexibility index (Phi) is 11.3. The Labute approximate surface area is 332 Å². The van der Waals surface area contributed by atoms with Crippen molar-refractivity contribution >= 4 is 61.7 Å². The highest BCUT2D eigenvalue weighted by atomic mass is 35.5. The lowest BCUT2D eigenvalue weighted by Crippen LogP contribution is -2.57. The van der Waals surface area contributed by atoms with Crippen LogP contribution in [0, 0.1) is 11.3 Å². The van der Waals surface area contributed by atoms with Gasteiger partial charge in [0, 0.05) is 53.5 Å². The van der Waals surface area contributed by atoms with Gasteiger partial charge in [-0.1, -0.05) is 44.5 Å². The number of rotatable bonds is 14. The molecule has 1 aromatic heterocycles. The summed E-state index contributed by atoms with van der Waals surface area (Å²) in [5.41, 5.74) is -0.940. The monoisotopic (exact) mass is 808 g/mol. The fraction of sp³-hybridized carbons (Fsp3) is 0.475. The maximum Gasteiger partial charge on any atom is 0.259 e. The number of fused-ring (bicyclic) bond motifs is 1. The highest BCUT2D eigenvalue weighted by molar-refractivity contribution is 7.91. The second-order valence-electron chi connectivity index (χ2n) is 16.2. The van der Waals surface area contributed by atoms with Gasteiger partial charge in [-0.2, -0.15) is 0 Å². The first-order valence-electron chi connectivity index (χ1n) is 18.5. The Balaban J connectivity index is 1.33. The normalized spacial score (nSPS) is 22.5. The van der Waals surface area contributed by atoms with Crippen molar-refractivity contribution in [3.8, 4) is 11.6 Å². The predicted molar refractivity (Wildman–Crippen MR) is 213 cm³/mol. The molecule has 2 heterocycles. The number of benzene rings is 2. The summed E-state index contributed by atoms with van der Waals surface area (Å²) in [6, 6.07) is 10.1. The van der Waals surface area contributed by atoms with Crippen LogP contribution in [-0.2, 0) is 24.4 Å². The van der Waals surface area contributed by atoms with E-state index in [1.54, 1.807) is 56.6 Å². The molecule has 3 aliphatic rings. The van der Waals surface area contributed by atoms with E-state index in [9.17, 15) is 27.6 Å². The minimum atomic E-state index is -3.91. The second-order valence-corrected chi connectivity index (χ2v) is 18.6. The molecule has 1 saturated heterocycles. The molecule has 2 aromatic carbocycles. The van der Waals surface area contributed by atoms with Gasteiger partial charge in [-0.25, -0.2) is 13.4 Å². The van der Waals surface area contributed by atoms with Crippen LogP contribution >= 0.6 is 11.6 Å². The number of carbonyl (C=O) groups excluding carboxylic acids is 4. The first-order valence-corrected chi connectivity index (χ1v) is 20.5. The van der Waals surface area contributed by atoms with Crippen molar-refractivity contribution in [3.63, 3.8) is 0 Å². The van der Waals surface area contributed by atoms with Gasteiger partial charge in [0.05, 0.1) is 25.1 Å². The van der Waals surface area contributed by atoms with Gasteiger partial charge < -0.3 is 29.9 Å². The van der Waals surface area contributed by atoms with Gasteiger partial charge in [0.2, 0.25) is 27.7 Å². The van der Waals surface area contributed by atoms with Crippen molar-refractivity contribution in [2.45, 2.75) is 81.9 Å². The third kappa shape index (κ3) is 8.73. The maximum absolute atomic E-state index is 14.8. The number of aromatic nitrogens is 1. The molecule has 56 heavy (non-hydrogen) atoms. The van der Waals surface area contributed by atoms with Gasteiger partial charge in [-0.15, -0.1) is 6.58 Å². The lowest BCUT2D eigenvalue weighted by molar-refractivity contribution is -0.140. The summed E-state index contributed by atoms with van der Waals surface area (Å²) in [6.07, 6.45) is 3.73. The summed E-state index contributed by atoms with van der Waals surface area (Å²) >= 11 is 6.37. The van der Waals surface area contributed by atoms with Crippen LogP contribution in [0.15, 0.2) is 61.3 Å². The van der Waals surface area contributed by atoms with Crippen LogP contribution in [-0.4, -0.2) is 104 Å². The highest BCUT2D eigenvalue weighted by Gasteiger charge is 2.62. The zero-order valence-electron chi connectivity index (χ0n) is 32.4. The van der Waals surface area contributed by atoms with Crippen molar-refractivity contribution in [1.82, 2.24) is 24.8 Å². The molecule has 2 saturated carbocycles. The van der Waals surface area contributed by atoms with E-state index in [1.165, 1.54) is 29.2 Å². The SMILES string of the molecule is C=C[C@@H]1C[C@]1(NC(=O)[C@@H]1C[C@@H](Oc2ncc(OC)c3ccc(Cl)cc23)CN1C(=O)[C@H](CC(C)(C)C)Nc1cccc(C(=O)N(C)C)c1)C(=O)NS(=O)(=O)C1CC1. The Hall–Kier alpha value is -4.89. The van der Waals surface area contributed by atoms with Gasteiger partial charge in [-0.3, -0.25) is 23.9 Å².